The number of aryl methyl sites for hydroxylation is 2. The second-order valence-electron chi connectivity index (χ2n) is 8.14. The molecule has 0 radical (unpaired) electrons. The van der Waals surface area contributed by atoms with Crippen LogP contribution in [0.1, 0.15) is 11.1 Å². The molecule has 0 bridgehead atoms. The molecule has 2 aromatic rings. The summed E-state index contributed by atoms with van der Waals surface area (Å²) in [5.41, 5.74) is 1.66. The van der Waals surface area contributed by atoms with Crippen LogP contribution >= 0.6 is 0 Å². The van der Waals surface area contributed by atoms with E-state index in [1.807, 2.05) is 0 Å². The maximum absolute atomic E-state index is 13.7. The standard InChI is InChI=1S/C22H26N4O5S2/c1-14-5-9-16(10-6-14)32(28,29)13-18(33(30,31)17-11-7-15(2)8-12-17)19-20(23)25(3)22(27)26(4)21(19)24/h5-12,18-19,23-24H,13H2,1-4H3. The fraction of sp³-hybridized carbons (Fsp3) is 0.318. The van der Waals surface area contributed by atoms with Crippen LogP contribution in [0.15, 0.2) is 58.3 Å². The monoisotopic (exact) mass is 490 g/mol. The number of nitrogens with zero attached hydrogens (tertiary/aromatic N) is 2. The van der Waals surface area contributed by atoms with E-state index in [9.17, 15) is 21.6 Å². The van der Waals surface area contributed by atoms with E-state index < -0.39 is 54.3 Å². The maximum Gasteiger partial charge on any atom is 0.330 e. The number of rotatable bonds is 6. The van der Waals surface area contributed by atoms with Gasteiger partial charge in [-0.2, -0.15) is 0 Å². The summed E-state index contributed by atoms with van der Waals surface area (Å²) in [6.45, 7) is 3.59. The number of nitrogens with one attached hydrogen (secondary N) is 2. The highest BCUT2D eigenvalue weighted by Crippen LogP contribution is 2.30. The zero-order valence-corrected chi connectivity index (χ0v) is 20.4. The van der Waals surface area contributed by atoms with E-state index >= 15 is 0 Å². The molecule has 0 spiro atoms. The number of amides is 2. The summed E-state index contributed by atoms with van der Waals surface area (Å²) in [6, 6.07) is 11.3. The predicted octanol–water partition coefficient (Wildman–Crippen LogP) is 2.49. The Bertz CT molecular complexity index is 1290. The number of sulfone groups is 2. The van der Waals surface area contributed by atoms with E-state index in [-0.39, 0.29) is 9.79 Å². The van der Waals surface area contributed by atoms with Crippen LogP contribution in [-0.4, -0.2) is 69.4 Å². The van der Waals surface area contributed by atoms with Gasteiger partial charge < -0.3 is 0 Å². The van der Waals surface area contributed by atoms with Crippen LogP contribution in [0.2, 0.25) is 0 Å². The minimum Gasteiger partial charge on any atom is -0.287 e. The van der Waals surface area contributed by atoms with E-state index in [1.54, 1.807) is 38.1 Å². The maximum atomic E-state index is 13.7. The molecule has 176 valence electrons. The molecule has 1 fully saturated rings. The summed E-state index contributed by atoms with van der Waals surface area (Å²) in [5.74, 6) is -3.19. The van der Waals surface area contributed by atoms with Crippen molar-refractivity contribution in [3.8, 4) is 0 Å². The van der Waals surface area contributed by atoms with Crippen molar-refractivity contribution in [1.82, 2.24) is 9.80 Å². The summed E-state index contributed by atoms with van der Waals surface area (Å²) in [4.78, 5) is 14.0. The van der Waals surface area contributed by atoms with Gasteiger partial charge in [0.05, 0.1) is 26.7 Å². The topological polar surface area (TPSA) is 140 Å². The van der Waals surface area contributed by atoms with Gasteiger partial charge in [-0.3, -0.25) is 20.6 Å². The first-order chi connectivity index (χ1) is 15.3. The molecule has 1 saturated heterocycles. The molecule has 11 heteroatoms. The lowest BCUT2D eigenvalue weighted by Gasteiger charge is -2.40. The van der Waals surface area contributed by atoms with Gasteiger partial charge in [0.15, 0.2) is 19.7 Å². The smallest absolute Gasteiger partial charge is 0.287 e. The highest BCUT2D eigenvalue weighted by Gasteiger charge is 2.48. The molecule has 1 heterocycles. The molecule has 1 atom stereocenters. The van der Waals surface area contributed by atoms with Crippen molar-refractivity contribution in [2.45, 2.75) is 28.9 Å². The van der Waals surface area contributed by atoms with Crippen molar-refractivity contribution in [1.29, 1.82) is 10.8 Å². The van der Waals surface area contributed by atoms with Crippen LogP contribution < -0.4 is 0 Å². The third kappa shape index (κ3) is 4.55. The number of amidine groups is 2. The molecule has 33 heavy (non-hydrogen) atoms. The third-order valence-electron chi connectivity index (χ3n) is 5.77. The van der Waals surface area contributed by atoms with Gasteiger partial charge in [0.1, 0.15) is 11.7 Å². The Morgan fingerprint density at radius 2 is 1.18 bits per heavy atom. The molecule has 2 N–H and O–H groups in total. The molecule has 9 nitrogen and oxygen atoms in total. The third-order valence-corrected chi connectivity index (χ3v) is 9.93. The summed E-state index contributed by atoms with van der Waals surface area (Å²) in [7, 11) is -5.84. The molecule has 0 aliphatic carbocycles. The summed E-state index contributed by atoms with van der Waals surface area (Å²) >= 11 is 0. The van der Waals surface area contributed by atoms with Crippen LogP contribution in [0, 0.1) is 30.6 Å². The summed E-state index contributed by atoms with van der Waals surface area (Å²) < 4.78 is 54.0. The zero-order chi connectivity index (χ0) is 24.7. The molecular weight excluding hydrogens is 464 g/mol. The van der Waals surface area contributed by atoms with Crippen molar-refractivity contribution in [2.24, 2.45) is 5.92 Å². The van der Waals surface area contributed by atoms with Crippen LogP contribution in [0.25, 0.3) is 0 Å². The first-order valence-corrected chi connectivity index (χ1v) is 13.3. The van der Waals surface area contributed by atoms with Gasteiger partial charge in [0, 0.05) is 14.1 Å². The number of benzene rings is 2. The van der Waals surface area contributed by atoms with E-state index in [2.05, 4.69) is 0 Å². The lowest BCUT2D eigenvalue weighted by Crippen LogP contribution is -2.61. The molecule has 3 rings (SSSR count). The number of carbonyl (C=O) groups is 1. The molecule has 1 unspecified atom stereocenters. The molecule has 2 aromatic carbocycles. The number of hydrogen-bond acceptors (Lipinski definition) is 7. The Balaban J connectivity index is 2.17. The van der Waals surface area contributed by atoms with Crippen LogP contribution in [0.5, 0.6) is 0 Å². The molecule has 0 saturated carbocycles. The van der Waals surface area contributed by atoms with Gasteiger partial charge in [-0.05, 0) is 38.1 Å². The quantitative estimate of drug-likeness (QED) is 0.640. The van der Waals surface area contributed by atoms with Crippen LogP contribution in [0.4, 0.5) is 4.79 Å². The molecule has 2 amide bonds. The van der Waals surface area contributed by atoms with Gasteiger partial charge >= 0.3 is 6.03 Å². The largest absolute Gasteiger partial charge is 0.330 e. The second-order valence-corrected chi connectivity index (χ2v) is 12.3. The molecular formula is C22H26N4O5S2. The number of carbonyl (C=O) groups excluding carboxylic acids is 1. The molecule has 0 aromatic heterocycles. The minimum atomic E-state index is -4.32. The lowest BCUT2D eigenvalue weighted by atomic mass is 9.99. The average Bonchev–Trinajstić information content (AvgIpc) is 2.76. The first-order valence-electron chi connectivity index (χ1n) is 10.1. The number of urea groups is 1. The van der Waals surface area contributed by atoms with Crippen molar-refractivity contribution < 1.29 is 21.6 Å². The van der Waals surface area contributed by atoms with Crippen LogP contribution in [0.3, 0.4) is 0 Å². The van der Waals surface area contributed by atoms with E-state index in [1.165, 1.54) is 38.4 Å². The Labute approximate surface area is 193 Å². The zero-order valence-electron chi connectivity index (χ0n) is 18.7. The highest BCUT2D eigenvalue weighted by atomic mass is 32.2. The SMILES string of the molecule is Cc1ccc(S(=O)(=O)CC(C2C(=N)N(C)C(=O)N(C)C2=N)S(=O)(=O)c2ccc(C)cc2)cc1. The van der Waals surface area contributed by atoms with Crippen molar-refractivity contribution in [2.75, 3.05) is 19.8 Å². The normalized spacial score (nSPS) is 18.5. The fourth-order valence-corrected chi connectivity index (χ4v) is 7.76. The van der Waals surface area contributed by atoms with Crippen LogP contribution in [-0.2, 0) is 19.7 Å². The highest BCUT2D eigenvalue weighted by molar-refractivity contribution is 7.95. The Morgan fingerprint density at radius 3 is 1.61 bits per heavy atom. The van der Waals surface area contributed by atoms with Gasteiger partial charge in [-0.25, -0.2) is 21.6 Å². The molecule has 1 aliphatic rings. The lowest BCUT2D eigenvalue weighted by molar-refractivity contribution is 0.203. The van der Waals surface area contributed by atoms with Gasteiger partial charge in [-0.1, -0.05) is 35.4 Å². The van der Waals surface area contributed by atoms with E-state index in [4.69, 9.17) is 10.8 Å². The van der Waals surface area contributed by atoms with Gasteiger partial charge in [-0.15, -0.1) is 0 Å². The summed E-state index contributed by atoms with van der Waals surface area (Å²) in [5, 5.41) is 15.2. The second kappa shape index (κ2) is 8.71. The number of hydrogen-bond donors (Lipinski definition) is 2. The average molecular weight is 491 g/mol. The van der Waals surface area contributed by atoms with Gasteiger partial charge in [0.25, 0.3) is 0 Å². The van der Waals surface area contributed by atoms with Gasteiger partial charge in [0.2, 0.25) is 0 Å². The van der Waals surface area contributed by atoms with E-state index in [0.29, 0.717) is 0 Å². The van der Waals surface area contributed by atoms with Crippen molar-refractivity contribution in [3.63, 3.8) is 0 Å². The Morgan fingerprint density at radius 1 is 0.788 bits per heavy atom. The Kier molecular flexibility index (Phi) is 6.49. The Hall–Kier alpha value is -3.05. The van der Waals surface area contributed by atoms with E-state index in [0.717, 1.165) is 20.9 Å². The predicted molar refractivity (Wildman–Crippen MR) is 125 cm³/mol. The van der Waals surface area contributed by atoms with Crippen molar-refractivity contribution in [3.05, 3.63) is 59.7 Å². The first kappa shape index (κ1) is 24.6. The molecule has 1 aliphatic heterocycles. The fourth-order valence-electron chi connectivity index (χ4n) is 3.66. The minimum absolute atomic E-state index is 0.0520. The summed E-state index contributed by atoms with van der Waals surface area (Å²) in [6.07, 6.45) is 0. The van der Waals surface area contributed by atoms with Crippen molar-refractivity contribution >= 4 is 37.4 Å².